The summed E-state index contributed by atoms with van der Waals surface area (Å²) in [6.45, 7) is -1.08. The Morgan fingerprint density at radius 3 is 2.71 bits per heavy atom. The smallest absolute Gasteiger partial charge is 0.387 e. The number of nitrogens with one attached hydrogen (secondary N) is 1. The predicted octanol–water partition coefficient (Wildman–Crippen LogP) is 2.90. The van der Waals surface area contributed by atoms with Gasteiger partial charge in [-0.15, -0.1) is 0 Å². The van der Waals surface area contributed by atoms with Gasteiger partial charge >= 0.3 is 6.61 Å². The summed E-state index contributed by atoms with van der Waals surface area (Å²) < 4.78 is 35.9. The maximum atomic E-state index is 12.7. The van der Waals surface area contributed by atoms with Crippen LogP contribution >= 0.6 is 0 Å². The third-order valence-corrected chi connectivity index (χ3v) is 5.45. The first-order chi connectivity index (χ1) is 13.6. The van der Waals surface area contributed by atoms with Crippen molar-refractivity contribution in [2.24, 2.45) is 0 Å². The lowest BCUT2D eigenvalue weighted by molar-refractivity contribution is -0.152. The lowest BCUT2D eigenvalue weighted by Gasteiger charge is -2.50. The Kier molecular flexibility index (Phi) is 5.28. The highest BCUT2D eigenvalue weighted by Crippen LogP contribution is 2.37. The van der Waals surface area contributed by atoms with Crippen molar-refractivity contribution in [3.8, 4) is 5.75 Å². The van der Waals surface area contributed by atoms with Gasteiger partial charge in [-0.2, -0.15) is 8.78 Å². The maximum absolute atomic E-state index is 12.7. The molecular formula is C21H22F2N2O3. The van der Waals surface area contributed by atoms with Gasteiger partial charge in [0, 0.05) is 25.2 Å². The van der Waals surface area contributed by atoms with Gasteiger partial charge < -0.3 is 14.8 Å². The third kappa shape index (κ3) is 3.72. The zero-order chi connectivity index (χ0) is 19.6. The third-order valence-electron chi connectivity index (χ3n) is 5.45. The summed E-state index contributed by atoms with van der Waals surface area (Å²) >= 11 is 0. The molecular weight excluding hydrogens is 366 g/mol. The second-order valence-corrected chi connectivity index (χ2v) is 7.16. The van der Waals surface area contributed by atoms with E-state index in [4.69, 9.17) is 4.74 Å². The fourth-order valence-corrected chi connectivity index (χ4v) is 4.14. The monoisotopic (exact) mass is 388 g/mol. The van der Waals surface area contributed by atoms with Crippen LogP contribution in [-0.4, -0.2) is 43.2 Å². The Bertz CT molecular complexity index is 833. The van der Waals surface area contributed by atoms with Gasteiger partial charge in [0.25, 0.3) is 0 Å². The van der Waals surface area contributed by atoms with Gasteiger partial charge in [0.2, 0.25) is 5.91 Å². The number of hydrogen-bond donors (Lipinski definition) is 1. The van der Waals surface area contributed by atoms with Crippen LogP contribution < -0.4 is 10.1 Å². The first kappa shape index (κ1) is 18.8. The number of benzene rings is 2. The lowest BCUT2D eigenvalue weighted by Crippen LogP contribution is -2.66. The molecule has 2 fully saturated rings. The highest BCUT2D eigenvalue weighted by atomic mass is 19.3. The van der Waals surface area contributed by atoms with Crippen molar-refractivity contribution in [1.29, 1.82) is 0 Å². The van der Waals surface area contributed by atoms with E-state index in [1.54, 1.807) is 18.2 Å². The fourth-order valence-electron chi connectivity index (χ4n) is 4.14. The van der Waals surface area contributed by atoms with E-state index < -0.39 is 12.2 Å². The number of carbonyl (C=O) groups is 1. The molecule has 2 saturated heterocycles. The van der Waals surface area contributed by atoms with Crippen molar-refractivity contribution in [2.75, 3.05) is 19.7 Å². The number of likely N-dealkylation sites (tertiary alicyclic amines) is 1. The van der Waals surface area contributed by atoms with E-state index in [1.165, 1.54) is 0 Å². The number of hydrogen-bond acceptors (Lipinski definition) is 4. The molecule has 0 aliphatic carbocycles. The van der Waals surface area contributed by atoms with Crippen molar-refractivity contribution < 1.29 is 23.0 Å². The van der Waals surface area contributed by atoms with Crippen LogP contribution in [0.15, 0.2) is 54.6 Å². The summed E-state index contributed by atoms with van der Waals surface area (Å²) in [5.41, 5.74) is 1.16. The zero-order valence-corrected chi connectivity index (χ0v) is 15.3. The molecule has 0 spiro atoms. The number of piperidine rings is 1. The predicted molar refractivity (Wildman–Crippen MR) is 99.0 cm³/mol. The summed E-state index contributed by atoms with van der Waals surface area (Å²) in [5.74, 6) is 0.0690. The number of para-hydroxylation sites is 1. The molecule has 1 N–H and O–H groups in total. The minimum atomic E-state index is -2.86. The van der Waals surface area contributed by atoms with E-state index in [9.17, 15) is 13.6 Å². The van der Waals surface area contributed by atoms with Crippen LogP contribution in [0.25, 0.3) is 0 Å². The van der Waals surface area contributed by atoms with E-state index in [0.29, 0.717) is 31.6 Å². The molecule has 4 rings (SSSR count). The molecule has 0 radical (unpaired) electrons. The minimum absolute atomic E-state index is 0.0260. The van der Waals surface area contributed by atoms with Crippen molar-refractivity contribution >= 4 is 5.91 Å². The molecule has 2 aromatic carbocycles. The van der Waals surface area contributed by atoms with Crippen LogP contribution in [0.4, 0.5) is 8.78 Å². The normalized spacial score (nSPS) is 25.2. The first-order valence-electron chi connectivity index (χ1n) is 9.30. The van der Waals surface area contributed by atoms with E-state index in [2.05, 4.69) is 15.0 Å². The van der Waals surface area contributed by atoms with Crippen LogP contribution in [0.1, 0.15) is 17.5 Å². The van der Waals surface area contributed by atoms with Crippen molar-refractivity contribution in [3.05, 3.63) is 65.7 Å². The SMILES string of the molecule is O=C1CO[C@@H]2CN(Cc3ccccc3OC(F)F)CC[C@@]2(c2ccccc2)N1. The highest BCUT2D eigenvalue weighted by Gasteiger charge is 2.49. The Hall–Kier alpha value is -2.51. The van der Waals surface area contributed by atoms with E-state index >= 15 is 0 Å². The molecule has 2 aromatic rings. The van der Waals surface area contributed by atoms with Gasteiger partial charge in [-0.3, -0.25) is 9.69 Å². The summed E-state index contributed by atoms with van der Waals surface area (Å²) in [4.78, 5) is 14.2. The van der Waals surface area contributed by atoms with E-state index in [1.807, 2.05) is 36.4 Å². The van der Waals surface area contributed by atoms with Gasteiger partial charge in [0.05, 0.1) is 11.6 Å². The topological polar surface area (TPSA) is 50.8 Å². The Morgan fingerprint density at radius 1 is 1.18 bits per heavy atom. The van der Waals surface area contributed by atoms with Gasteiger partial charge in [-0.25, -0.2) is 0 Å². The molecule has 0 saturated carbocycles. The number of rotatable bonds is 5. The number of ether oxygens (including phenoxy) is 2. The number of nitrogens with zero attached hydrogens (tertiary/aromatic N) is 1. The average Bonchev–Trinajstić information content (AvgIpc) is 2.70. The molecule has 0 aromatic heterocycles. The Balaban J connectivity index is 1.54. The number of amides is 1. The molecule has 1 amide bonds. The fraction of sp³-hybridized carbons (Fsp3) is 0.381. The average molecular weight is 388 g/mol. The van der Waals surface area contributed by atoms with E-state index in [-0.39, 0.29) is 24.4 Å². The standard InChI is InChI=1S/C21H22F2N2O3/c22-20(23)28-17-9-5-4-6-15(17)12-25-11-10-21(16-7-2-1-3-8-16)18(13-25)27-14-19(26)24-21/h1-9,18,20H,10-14H2,(H,24,26)/t18-,21+/m1/s1. The molecule has 7 heteroatoms. The second-order valence-electron chi connectivity index (χ2n) is 7.16. The van der Waals surface area contributed by atoms with Crippen molar-refractivity contribution in [1.82, 2.24) is 10.2 Å². The van der Waals surface area contributed by atoms with Crippen LogP contribution in [0.3, 0.4) is 0 Å². The van der Waals surface area contributed by atoms with Crippen molar-refractivity contribution in [3.63, 3.8) is 0 Å². The summed E-state index contributed by atoms with van der Waals surface area (Å²) in [6, 6.07) is 16.7. The molecule has 2 atom stereocenters. The molecule has 0 bridgehead atoms. The summed E-state index contributed by atoms with van der Waals surface area (Å²) in [7, 11) is 0. The zero-order valence-electron chi connectivity index (χ0n) is 15.3. The second kappa shape index (κ2) is 7.85. The lowest BCUT2D eigenvalue weighted by atomic mass is 9.77. The Morgan fingerprint density at radius 2 is 1.93 bits per heavy atom. The number of morpholine rings is 1. The summed E-state index contributed by atoms with van der Waals surface area (Å²) in [6.07, 6.45) is 0.454. The maximum Gasteiger partial charge on any atom is 0.387 e. The largest absolute Gasteiger partial charge is 0.434 e. The number of halogens is 2. The summed E-state index contributed by atoms with van der Waals surface area (Å²) in [5, 5.41) is 3.16. The van der Waals surface area contributed by atoms with Gasteiger partial charge in [-0.05, 0) is 18.1 Å². The minimum Gasteiger partial charge on any atom is -0.434 e. The highest BCUT2D eigenvalue weighted by molar-refractivity contribution is 5.79. The van der Waals surface area contributed by atoms with Gasteiger partial charge in [-0.1, -0.05) is 48.5 Å². The molecule has 5 nitrogen and oxygen atoms in total. The van der Waals surface area contributed by atoms with Gasteiger partial charge in [0.1, 0.15) is 12.4 Å². The van der Waals surface area contributed by atoms with Crippen molar-refractivity contribution in [2.45, 2.75) is 31.2 Å². The van der Waals surface area contributed by atoms with Crippen LogP contribution in [-0.2, 0) is 21.6 Å². The van der Waals surface area contributed by atoms with Crippen LogP contribution in [0.2, 0.25) is 0 Å². The quantitative estimate of drug-likeness (QED) is 0.856. The van der Waals surface area contributed by atoms with Crippen LogP contribution in [0, 0.1) is 0 Å². The number of carbonyl (C=O) groups excluding carboxylic acids is 1. The molecule has 2 heterocycles. The van der Waals surface area contributed by atoms with E-state index in [0.717, 1.165) is 5.56 Å². The molecule has 0 unspecified atom stereocenters. The molecule has 28 heavy (non-hydrogen) atoms. The number of alkyl halides is 2. The first-order valence-corrected chi connectivity index (χ1v) is 9.30. The molecule has 2 aliphatic heterocycles. The molecule has 148 valence electrons. The Labute approximate surface area is 162 Å². The number of fused-ring (bicyclic) bond motifs is 1. The molecule has 2 aliphatic rings. The van der Waals surface area contributed by atoms with Crippen LogP contribution in [0.5, 0.6) is 5.75 Å². The van der Waals surface area contributed by atoms with Gasteiger partial charge in [0.15, 0.2) is 0 Å².